The zero-order valence-electron chi connectivity index (χ0n) is 18.4. The van der Waals surface area contributed by atoms with E-state index in [4.69, 9.17) is 4.98 Å². The SMILES string of the molecule is Cc1ccc(-c2nc3ccccc3c(C(=O)Nc3nc(-c4ccc(F)cc4F)cs3)c2C)cc1. The van der Waals surface area contributed by atoms with E-state index in [2.05, 4.69) is 10.3 Å². The Morgan fingerprint density at radius 3 is 2.47 bits per heavy atom. The molecular weight excluding hydrogens is 452 g/mol. The molecule has 4 nitrogen and oxygen atoms in total. The highest BCUT2D eigenvalue weighted by atomic mass is 32.1. The average Bonchev–Trinajstić information content (AvgIpc) is 3.27. The van der Waals surface area contributed by atoms with Crippen molar-refractivity contribution < 1.29 is 13.6 Å². The molecule has 0 bridgehead atoms. The number of fused-ring (bicyclic) bond motifs is 1. The molecule has 2 heterocycles. The molecule has 34 heavy (non-hydrogen) atoms. The number of carbonyl (C=O) groups excluding carboxylic acids is 1. The van der Waals surface area contributed by atoms with E-state index in [9.17, 15) is 13.6 Å². The Kier molecular flexibility index (Phi) is 5.63. The average molecular weight is 472 g/mol. The van der Waals surface area contributed by atoms with Gasteiger partial charge in [0.2, 0.25) is 0 Å². The molecule has 1 amide bonds. The van der Waals surface area contributed by atoms with Gasteiger partial charge in [0.15, 0.2) is 5.13 Å². The summed E-state index contributed by atoms with van der Waals surface area (Å²) >= 11 is 1.17. The predicted octanol–water partition coefficient (Wildman–Crippen LogP) is 7.17. The first-order valence-corrected chi connectivity index (χ1v) is 11.5. The number of anilines is 1. The highest BCUT2D eigenvalue weighted by Crippen LogP contribution is 2.32. The molecule has 7 heteroatoms. The number of amides is 1. The number of benzene rings is 3. The summed E-state index contributed by atoms with van der Waals surface area (Å²) in [7, 11) is 0. The van der Waals surface area contributed by atoms with Crippen molar-refractivity contribution in [1.29, 1.82) is 0 Å². The number of thiazole rings is 1. The van der Waals surface area contributed by atoms with E-state index in [0.717, 1.165) is 33.8 Å². The van der Waals surface area contributed by atoms with Crippen molar-refractivity contribution in [3.05, 3.63) is 100 Å². The standard InChI is InChI=1S/C27H19F2N3OS/c1-15-7-9-17(10-8-15)25-16(2)24(20-5-3-4-6-22(20)30-25)26(33)32-27-31-23(14-34-27)19-12-11-18(28)13-21(19)29/h3-14H,1-2H3,(H,31,32,33). The summed E-state index contributed by atoms with van der Waals surface area (Å²) in [6.45, 7) is 3.90. The molecule has 2 aromatic heterocycles. The first-order valence-electron chi connectivity index (χ1n) is 10.6. The Balaban J connectivity index is 1.54. The second kappa shape index (κ2) is 8.76. The summed E-state index contributed by atoms with van der Waals surface area (Å²) < 4.78 is 27.4. The number of hydrogen-bond donors (Lipinski definition) is 1. The molecule has 5 rings (SSSR count). The number of nitrogens with zero attached hydrogens (tertiary/aromatic N) is 2. The van der Waals surface area contributed by atoms with Crippen molar-refractivity contribution in [1.82, 2.24) is 9.97 Å². The third-order valence-corrected chi connectivity index (χ3v) is 6.38. The summed E-state index contributed by atoms with van der Waals surface area (Å²) in [6.07, 6.45) is 0. The maximum Gasteiger partial charge on any atom is 0.258 e. The lowest BCUT2D eigenvalue weighted by Crippen LogP contribution is -2.15. The molecule has 0 aliphatic rings. The van der Waals surface area contributed by atoms with Gasteiger partial charge in [0.25, 0.3) is 5.91 Å². The number of nitrogens with one attached hydrogen (secondary N) is 1. The van der Waals surface area contributed by atoms with Crippen molar-refractivity contribution in [3.63, 3.8) is 0 Å². The minimum Gasteiger partial charge on any atom is -0.298 e. The van der Waals surface area contributed by atoms with Crippen LogP contribution in [0, 0.1) is 25.5 Å². The van der Waals surface area contributed by atoms with Crippen LogP contribution in [-0.4, -0.2) is 15.9 Å². The van der Waals surface area contributed by atoms with Gasteiger partial charge in [-0.3, -0.25) is 10.1 Å². The van der Waals surface area contributed by atoms with Crippen LogP contribution in [0.4, 0.5) is 13.9 Å². The van der Waals surface area contributed by atoms with Gasteiger partial charge in [-0.2, -0.15) is 0 Å². The Morgan fingerprint density at radius 2 is 1.71 bits per heavy atom. The normalized spacial score (nSPS) is 11.1. The smallest absolute Gasteiger partial charge is 0.258 e. The zero-order chi connectivity index (χ0) is 23.8. The van der Waals surface area contributed by atoms with Crippen LogP contribution >= 0.6 is 11.3 Å². The zero-order valence-corrected chi connectivity index (χ0v) is 19.2. The number of carbonyl (C=O) groups is 1. The Hall–Kier alpha value is -3.97. The molecule has 0 unspecified atom stereocenters. The van der Waals surface area contributed by atoms with E-state index in [0.29, 0.717) is 21.9 Å². The highest BCUT2D eigenvalue weighted by Gasteiger charge is 2.20. The lowest BCUT2D eigenvalue weighted by atomic mass is 9.97. The van der Waals surface area contributed by atoms with Gasteiger partial charge in [0.05, 0.1) is 22.5 Å². The Labute approximate surface area is 199 Å². The van der Waals surface area contributed by atoms with Crippen LogP contribution in [0.5, 0.6) is 0 Å². The summed E-state index contributed by atoms with van der Waals surface area (Å²) in [5.41, 5.74) is 5.26. The number of hydrogen-bond acceptors (Lipinski definition) is 4. The van der Waals surface area contributed by atoms with Crippen LogP contribution in [0.25, 0.3) is 33.4 Å². The van der Waals surface area contributed by atoms with E-state index in [1.165, 1.54) is 23.5 Å². The lowest BCUT2D eigenvalue weighted by Gasteiger charge is -2.14. The van der Waals surface area contributed by atoms with Crippen molar-refractivity contribution in [3.8, 4) is 22.5 Å². The first kappa shape index (κ1) is 21.9. The third-order valence-electron chi connectivity index (χ3n) is 5.62. The molecule has 5 aromatic rings. The van der Waals surface area contributed by atoms with Crippen LogP contribution in [0.2, 0.25) is 0 Å². The molecule has 0 saturated carbocycles. The lowest BCUT2D eigenvalue weighted by molar-refractivity contribution is 0.102. The number of aromatic nitrogens is 2. The number of para-hydroxylation sites is 1. The summed E-state index contributed by atoms with van der Waals surface area (Å²) in [4.78, 5) is 22.6. The first-order chi connectivity index (χ1) is 16.4. The van der Waals surface area contributed by atoms with E-state index < -0.39 is 11.6 Å². The van der Waals surface area contributed by atoms with Gasteiger partial charge < -0.3 is 0 Å². The maximum absolute atomic E-state index is 14.2. The molecule has 0 radical (unpaired) electrons. The summed E-state index contributed by atoms with van der Waals surface area (Å²) in [6, 6.07) is 18.8. The molecule has 0 fully saturated rings. The quantitative estimate of drug-likeness (QED) is 0.302. The van der Waals surface area contributed by atoms with Crippen molar-refractivity contribution in [2.75, 3.05) is 5.32 Å². The molecule has 1 N–H and O–H groups in total. The molecule has 0 saturated heterocycles. The Bertz CT molecular complexity index is 1540. The van der Waals surface area contributed by atoms with Gasteiger partial charge in [-0.15, -0.1) is 11.3 Å². The van der Waals surface area contributed by atoms with Gasteiger partial charge in [-0.05, 0) is 37.6 Å². The van der Waals surface area contributed by atoms with Gasteiger partial charge in [0.1, 0.15) is 11.6 Å². The number of pyridine rings is 1. The fraction of sp³-hybridized carbons (Fsp3) is 0.0741. The molecule has 0 aliphatic carbocycles. The van der Waals surface area contributed by atoms with E-state index in [-0.39, 0.29) is 11.5 Å². The molecule has 0 aliphatic heterocycles. The number of rotatable bonds is 4. The monoisotopic (exact) mass is 471 g/mol. The van der Waals surface area contributed by atoms with Gasteiger partial charge in [0, 0.05) is 28.0 Å². The van der Waals surface area contributed by atoms with Crippen LogP contribution in [0.1, 0.15) is 21.5 Å². The second-order valence-corrected chi connectivity index (χ2v) is 8.82. The topological polar surface area (TPSA) is 54.9 Å². The van der Waals surface area contributed by atoms with Gasteiger partial charge in [-0.25, -0.2) is 18.7 Å². The summed E-state index contributed by atoms with van der Waals surface area (Å²) in [5, 5.41) is 5.52. The van der Waals surface area contributed by atoms with Crippen LogP contribution in [-0.2, 0) is 0 Å². The number of aryl methyl sites for hydroxylation is 1. The minimum atomic E-state index is -0.707. The Morgan fingerprint density at radius 1 is 0.941 bits per heavy atom. The van der Waals surface area contributed by atoms with Gasteiger partial charge >= 0.3 is 0 Å². The van der Waals surface area contributed by atoms with E-state index in [1.807, 2.05) is 62.4 Å². The second-order valence-electron chi connectivity index (χ2n) is 7.96. The third kappa shape index (κ3) is 4.06. The molecule has 168 valence electrons. The predicted molar refractivity (Wildman–Crippen MR) is 132 cm³/mol. The minimum absolute atomic E-state index is 0.172. The fourth-order valence-corrected chi connectivity index (χ4v) is 4.61. The van der Waals surface area contributed by atoms with Crippen molar-refractivity contribution in [2.45, 2.75) is 13.8 Å². The number of halogens is 2. The summed E-state index contributed by atoms with van der Waals surface area (Å²) in [5.74, 6) is -1.69. The van der Waals surface area contributed by atoms with Crippen LogP contribution < -0.4 is 5.32 Å². The molecule has 3 aromatic carbocycles. The maximum atomic E-state index is 14.2. The van der Waals surface area contributed by atoms with Crippen molar-refractivity contribution >= 4 is 33.3 Å². The fourth-order valence-electron chi connectivity index (χ4n) is 3.90. The van der Waals surface area contributed by atoms with Gasteiger partial charge in [-0.1, -0.05) is 48.0 Å². The van der Waals surface area contributed by atoms with E-state index >= 15 is 0 Å². The molecular formula is C27H19F2N3OS. The highest BCUT2D eigenvalue weighted by molar-refractivity contribution is 7.14. The molecule has 0 spiro atoms. The van der Waals surface area contributed by atoms with Crippen molar-refractivity contribution in [2.24, 2.45) is 0 Å². The molecule has 0 atom stereocenters. The van der Waals surface area contributed by atoms with Crippen LogP contribution in [0.3, 0.4) is 0 Å². The largest absolute Gasteiger partial charge is 0.298 e. The van der Waals surface area contributed by atoms with E-state index in [1.54, 1.807) is 5.38 Å². The van der Waals surface area contributed by atoms with Crippen LogP contribution in [0.15, 0.2) is 72.1 Å².